The van der Waals surface area contributed by atoms with E-state index in [2.05, 4.69) is 75.8 Å². The van der Waals surface area contributed by atoms with Crippen molar-refractivity contribution in [2.24, 2.45) is 0 Å². The second-order valence-electron chi connectivity index (χ2n) is 6.56. The first-order valence-electron chi connectivity index (χ1n) is 6.82. The predicted molar refractivity (Wildman–Crippen MR) is 85.1 cm³/mol. The van der Waals surface area contributed by atoms with E-state index >= 15 is 0 Å². The van der Waals surface area contributed by atoms with Gasteiger partial charge in [-0.2, -0.15) is 0 Å². The van der Waals surface area contributed by atoms with E-state index in [1.807, 2.05) is 0 Å². The zero-order chi connectivity index (χ0) is 14.3. The van der Waals surface area contributed by atoms with E-state index in [9.17, 15) is 0 Å². The second-order valence-corrected chi connectivity index (χ2v) is 11.3. The van der Waals surface area contributed by atoms with Gasteiger partial charge in [-0.15, -0.1) is 0 Å². The molecule has 0 aliphatic heterocycles. The highest BCUT2D eigenvalue weighted by molar-refractivity contribution is 6.74. The third-order valence-electron chi connectivity index (χ3n) is 4.19. The fourth-order valence-electron chi connectivity index (χ4n) is 1.91. The van der Waals surface area contributed by atoms with Crippen LogP contribution in [-0.2, 0) is 6.54 Å². The van der Waals surface area contributed by atoms with E-state index < -0.39 is 8.32 Å². The number of hydrogen-bond donors (Lipinski definition) is 0. The Labute approximate surface area is 117 Å². The highest BCUT2D eigenvalue weighted by atomic mass is 28.4. The van der Waals surface area contributed by atoms with E-state index in [-0.39, 0.29) is 5.04 Å². The lowest BCUT2D eigenvalue weighted by Crippen LogP contribution is -2.43. The molecule has 1 aromatic carbocycles. The Balaban J connectivity index is 2.44. The van der Waals surface area contributed by atoms with E-state index in [0.717, 1.165) is 12.3 Å². The summed E-state index contributed by atoms with van der Waals surface area (Å²) in [5.41, 5.74) is 1.20. The zero-order valence-electron chi connectivity index (χ0n) is 12.7. The molecule has 103 valence electrons. The minimum atomic E-state index is -1.79. The molecule has 1 heterocycles. The first kappa shape index (κ1) is 14.2. The lowest BCUT2D eigenvalue weighted by Gasteiger charge is -2.36. The van der Waals surface area contributed by atoms with Gasteiger partial charge in [-0.05, 0) is 43.3 Å². The van der Waals surface area contributed by atoms with E-state index in [1.165, 1.54) is 10.9 Å². The van der Waals surface area contributed by atoms with Crippen LogP contribution in [0, 0.1) is 6.92 Å². The molecular weight excluding hydrogens is 250 g/mol. The molecule has 0 spiro atoms. The molecule has 0 bridgehead atoms. The Bertz CT molecular complexity index is 578. The number of nitrogens with zero attached hydrogens (tertiary/aromatic N) is 1. The first-order valence-corrected chi connectivity index (χ1v) is 9.73. The van der Waals surface area contributed by atoms with Crippen molar-refractivity contribution < 1.29 is 4.43 Å². The largest absolute Gasteiger partial charge is 0.543 e. The molecule has 19 heavy (non-hydrogen) atoms. The lowest BCUT2D eigenvalue weighted by atomic mass is 10.2. The van der Waals surface area contributed by atoms with Crippen LogP contribution in [0.3, 0.4) is 0 Å². The maximum absolute atomic E-state index is 6.44. The summed E-state index contributed by atoms with van der Waals surface area (Å²) < 4.78 is 8.59. The summed E-state index contributed by atoms with van der Waals surface area (Å²) in [6.45, 7) is 16.1. The standard InChI is InChI=1S/C16H24NOSi/c1-7-17-12-11-13-14(17)9-8-10-15(13)18-19(5,6)16(2,3)4/h8-12H,1,7H2,2-6H3. The van der Waals surface area contributed by atoms with Crippen molar-refractivity contribution in [2.45, 2.75) is 45.4 Å². The molecule has 2 nitrogen and oxygen atoms in total. The van der Waals surface area contributed by atoms with Crippen LogP contribution in [0.5, 0.6) is 5.75 Å². The monoisotopic (exact) mass is 274 g/mol. The molecule has 0 N–H and O–H groups in total. The third-order valence-corrected chi connectivity index (χ3v) is 8.53. The van der Waals surface area contributed by atoms with Crippen LogP contribution in [-0.4, -0.2) is 12.9 Å². The van der Waals surface area contributed by atoms with Gasteiger partial charge in [0, 0.05) is 18.1 Å². The van der Waals surface area contributed by atoms with Gasteiger partial charge in [-0.3, -0.25) is 0 Å². The summed E-state index contributed by atoms with van der Waals surface area (Å²) in [6.07, 6.45) is 2.08. The van der Waals surface area contributed by atoms with Gasteiger partial charge in [-0.25, -0.2) is 0 Å². The Kier molecular flexibility index (Phi) is 3.52. The predicted octanol–water partition coefficient (Wildman–Crippen LogP) is 4.86. The van der Waals surface area contributed by atoms with Crippen LogP contribution in [0.1, 0.15) is 20.8 Å². The van der Waals surface area contributed by atoms with Crippen molar-refractivity contribution in [1.82, 2.24) is 4.57 Å². The van der Waals surface area contributed by atoms with Crippen LogP contribution >= 0.6 is 0 Å². The fourth-order valence-corrected chi connectivity index (χ4v) is 2.94. The van der Waals surface area contributed by atoms with Gasteiger partial charge in [-0.1, -0.05) is 26.8 Å². The second kappa shape index (κ2) is 4.71. The molecule has 2 rings (SSSR count). The van der Waals surface area contributed by atoms with Gasteiger partial charge in [0.25, 0.3) is 8.32 Å². The van der Waals surface area contributed by atoms with Crippen molar-refractivity contribution in [3.8, 4) is 5.75 Å². The molecule has 0 saturated carbocycles. The smallest absolute Gasteiger partial charge is 0.250 e. The minimum Gasteiger partial charge on any atom is -0.543 e. The lowest BCUT2D eigenvalue weighted by molar-refractivity contribution is 0.496. The summed E-state index contributed by atoms with van der Waals surface area (Å²) in [7, 11) is -1.79. The van der Waals surface area contributed by atoms with Gasteiger partial charge in [0.05, 0.1) is 5.52 Å². The number of rotatable bonds is 3. The molecule has 0 aliphatic carbocycles. The van der Waals surface area contributed by atoms with Crippen molar-refractivity contribution in [3.05, 3.63) is 37.4 Å². The van der Waals surface area contributed by atoms with Gasteiger partial charge >= 0.3 is 0 Å². The molecule has 0 amide bonds. The molecule has 0 unspecified atom stereocenters. The molecule has 1 radical (unpaired) electrons. The molecular formula is C16H24NOSi. The Morgan fingerprint density at radius 3 is 2.47 bits per heavy atom. The van der Waals surface area contributed by atoms with Gasteiger partial charge in [0.1, 0.15) is 5.75 Å². The van der Waals surface area contributed by atoms with Crippen LogP contribution in [0.2, 0.25) is 18.1 Å². The summed E-state index contributed by atoms with van der Waals surface area (Å²) in [4.78, 5) is 0. The average molecular weight is 274 g/mol. The highest BCUT2D eigenvalue weighted by Crippen LogP contribution is 2.39. The summed E-state index contributed by atoms with van der Waals surface area (Å²) >= 11 is 0. The van der Waals surface area contributed by atoms with Gasteiger partial charge in [0.15, 0.2) is 0 Å². The molecule has 0 aliphatic rings. The van der Waals surface area contributed by atoms with Crippen LogP contribution in [0.15, 0.2) is 30.5 Å². The zero-order valence-corrected chi connectivity index (χ0v) is 13.7. The summed E-state index contributed by atoms with van der Waals surface area (Å²) in [6, 6.07) is 8.40. The molecule has 0 atom stereocenters. The van der Waals surface area contributed by atoms with Gasteiger partial charge < -0.3 is 8.99 Å². The number of fused-ring (bicyclic) bond motifs is 1. The Hall–Kier alpha value is -1.22. The summed E-state index contributed by atoms with van der Waals surface area (Å²) in [5, 5.41) is 1.40. The summed E-state index contributed by atoms with van der Waals surface area (Å²) in [5.74, 6) is 1.01. The topological polar surface area (TPSA) is 14.2 Å². The van der Waals surface area contributed by atoms with Crippen molar-refractivity contribution in [1.29, 1.82) is 0 Å². The van der Waals surface area contributed by atoms with E-state index in [0.29, 0.717) is 0 Å². The van der Waals surface area contributed by atoms with Crippen LogP contribution in [0.4, 0.5) is 0 Å². The molecule has 3 heteroatoms. The van der Waals surface area contributed by atoms with Crippen molar-refractivity contribution >= 4 is 19.2 Å². The number of hydrogen-bond acceptors (Lipinski definition) is 1. The maximum Gasteiger partial charge on any atom is 0.250 e. The van der Waals surface area contributed by atoms with Crippen molar-refractivity contribution in [3.63, 3.8) is 0 Å². The molecule has 0 fully saturated rings. The number of benzene rings is 1. The quantitative estimate of drug-likeness (QED) is 0.729. The normalized spacial score (nSPS) is 12.9. The maximum atomic E-state index is 6.44. The highest BCUT2D eigenvalue weighted by Gasteiger charge is 2.39. The van der Waals surface area contributed by atoms with Crippen LogP contribution in [0.25, 0.3) is 10.9 Å². The van der Waals surface area contributed by atoms with Crippen molar-refractivity contribution in [2.75, 3.05) is 0 Å². The number of aromatic nitrogens is 1. The molecule has 2 aromatic rings. The third kappa shape index (κ3) is 2.57. The minimum absolute atomic E-state index is 0.212. The Morgan fingerprint density at radius 2 is 1.89 bits per heavy atom. The van der Waals surface area contributed by atoms with Gasteiger partial charge in [0.2, 0.25) is 0 Å². The molecule has 1 aromatic heterocycles. The van der Waals surface area contributed by atoms with E-state index in [4.69, 9.17) is 4.43 Å². The first-order chi connectivity index (χ1) is 8.76. The Morgan fingerprint density at radius 1 is 1.21 bits per heavy atom. The molecule has 0 saturated heterocycles. The SMILES string of the molecule is [CH2]Cn1ccc2c(O[Si](C)(C)C(C)(C)C)cccc21. The van der Waals surface area contributed by atoms with Crippen LogP contribution < -0.4 is 4.43 Å². The average Bonchev–Trinajstić information content (AvgIpc) is 2.71. The fraction of sp³-hybridized carbons (Fsp3) is 0.438. The van der Waals surface area contributed by atoms with E-state index in [1.54, 1.807) is 0 Å².